The van der Waals surface area contributed by atoms with Crippen molar-refractivity contribution in [2.75, 3.05) is 26.8 Å². The van der Waals surface area contributed by atoms with Gasteiger partial charge in [-0.2, -0.15) is 0 Å². The molecule has 3 amide bonds. The van der Waals surface area contributed by atoms with Crippen LogP contribution in [0.2, 0.25) is 0 Å². The molecule has 0 saturated carbocycles. The minimum atomic E-state index is -0.387. The van der Waals surface area contributed by atoms with Gasteiger partial charge in [0, 0.05) is 19.2 Å². The second-order valence-corrected chi connectivity index (χ2v) is 7.70. The zero-order valence-corrected chi connectivity index (χ0v) is 18.7. The Bertz CT molecular complexity index is 1050. The number of imide groups is 1. The third-order valence-corrected chi connectivity index (χ3v) is 5.43. The molecule has 1 saturated heterocycles. The lowest BCUT2D eigenvalue weighted by atomic mass is 10.2. The summed E-state index contributed by atoms with van der Waals surface area (Å²) in [5, 5.41) is 2.32. The van der Waals surface area contributed by atoms with E-state index in [1.54, 1.807) is 37.5 Å². The first-order valence-corrected chi connectivity index (χ1v) is 10.9. The molecule has 0 aromatic heterocycles. The molecule has 0 unspecified atom stereocenters. The van der Waals surface area contributed by atoms with Crippen LogP contribution in [0, 0.1) is 0 Å². The zero-order chi connectivity index (χ0) is 22.9. The number of benzene rings is 2. The van der Waals surface area contributed by atoms with Gasteiger partial charge in [-0.3, -0.25) is 19.3 Å². The topological polar surface area (TPSA) is 84.9 Å². The number of carbonyl (C=O) groups excluding carboxylic acids is 3. The van der Waals surface area contributed by atoms with E-state index < -0.39 is 0 Å². The Hall–Kier alpha value is -3.52. The average Bonchev–Trinajstić information content (AvgIpc) is 3.06. The molecule has 1 N–H and O–H groups in total. The fourth-order valence-electron chi connectivity index (χ4n) is 2.98. The van der Waals surface area contributed by atoms with E-state index >= 15 is 0 Å². The SMILES string of the molecule is CCOc1ccc(/C=C2\SC(=O)N(CCNC(=O)/C=C/c3ccccc3)C2=O)cc1OC. The maximum absolute atomic E-state index is 12.7. The summed E-state index contributed by atoms with van der Waals surface area (Å²) < 4.78 is 10.8. The van der Waals surface area contributed by atoms with Gasteiger partial charge in [-0.05, 0) is 54.1 Å². The molecule has 1 fully saturated rings. The third-order valence-electron chi connectivity index (χ3n) is 4.52. The lowest BCUT2D eigenvalue weighted by Gasteiger charge is -2.12. The second-order valence-electron chi connectivity index (χ2n) is 6.71. The van der Waals surface area contributed by atoms with Gasteiger partial charge in [-0.1, -0.05) is 36.4 Å². The molecule has 0 aliphatic carbocycles. The van der Waals surface area contributed by atoms with Crippen molar-refractivity contribution in [3.8, 4) is 11.5 Å². The highest BCUT2D eigenvalue weighted by Crippen LogP contribution is 2.34. The molecule has 2 aromatic carbocycles. The van der Waals surface area contributed by atoms with Crippen molar-refractivity contribution in [2.45, 2.75) is 6.92 Å². The van der Waals surface area contributed by atoms with Crippen LogP contribution in [-0.2, 0) is 9.59 Å². The molecular formula is C24H24N2O5S. The standard InChI is InChI=1S/C24H24N2O5S/c1-3-31-19-11-9-18(15-20(19)30-2)16-21-23(28)26(24(29)32-21)14-13-25-22(27)12-10-17-7-5-4-6-8-17/h4-12,15-16H,3,13-14H2,1-2H3,(H,25,27)/b12-10+,21-16-. The Kier molecular flexibility index (Phi) is 8.10. The number of carbonyl (C=O) groups is 3. The minimum Gasteiger partial charge on any atom is -0.493 e. The average molecular weight is 453 g/mol. The van der Waals surface area contributed by atoms with E-state index in [0.717, 1.165) is 27.8 Å². The highest BCUT2D eigenvalue weighted by Gasteiger charge is 2.34. The number of hydrogen-bond donors (Lipinski definition) is 1. The Labute approximate surface area is 191 Å². The van der Waals surface area contributed by atoms with Crippen molar-refractivity contribution < 1.29 is 23.9 Å². The number of nitrogens with one attached hydrogen (secondary N) is 1. The highest BCUT2D eigenvalue weighted by molar-refractivity contribution is 8.18. The predicted molar refractivity (Wildman–Crippen MR) is 125 cm³/mol. The molecule has 166 valence electrons. The summed E-state index contributed by atoms with van der Waals surface area (Å²) in [5.74, 6) is 0.475. The summed E-state index contributed by atoms with van der Waals surface area (Å²) in [6.07, 6.45) is 4.76. The molecule has 0 bridgehead atoms. The summed E-state index contributed by atoms with van der Waals surface area (Å²) in [5.41, 5.74) is 1.62. The van der Waals surface area contributed by atoms with Crippen LogP contribution in [0.3, 0.4) is 0 Å². The van der Waals surface area contributed by atoms with Crippen LogP contribution in [0.4, 0.5) is 4.79 Å². The minimum absolute atomic E-state index is 0.0967. The molecule has 2 aromatic rings. The van der Waals surface area contributed by atoms with Gasteiger partial charge in [0.2, 0.25) is 5.91 Å². The summed E-state index contributed by atoms with van der Waals surface area (Å²) in [6, 6.07) is 14.7. The third kappa shape index (κ3) is 6.01. The van der Waals surface area contributed by atoms with Gasteiger partial charge in [-0.15, -0.1) is 0 Å². The van der Waals surface area contributed by atoms with Gasteiger partial charge in [0.25, 0.3) is 11.1 Å². The normalized spacial score (nSPS) is 14.9. The molecule has 1 aliphatic heterocycles. The molecule has 7 nitrogen and oxygen atoms in total. The van der Waals surface area contributed by atoms with Crippen molar-refractivity contribution in [1.29, 1.82) is 0 Å². The van der Waals surface area contributed by atoms with E-state index in [0.29, 0.717) is 23.0 Å². The fraction of sp³-hybridized carbons (Fsp3) is 0.208. The van der Waals surface area contributed by atoms with Crippen LogP contribution in [0.15, 0.2) is 59.5 Å². The Morgan fingerprint density at radius 1 is 1.09 bits per heavy atom. The number of amides is 3. The van der Waals surface area contributed by atoms with Crippen LogP contribution >= 0.6 is 11.8 Å². The molecule has 0 atom stereocenters. The molecule has 32 heavy (non-hydrogen) atoms. The summed E-state index contributed by atoms with van der Waals surface area (Å²) in [4.78, 5) is 38.4. The van der Waals surface area contributed by atoms with E-state index in [-0.39, 0.29) is 30.1 Å². The van der Waals surface area contributed by atoms with Crippen molar-refractivity contribution >= 4 is 41.0 Å². The number of rotatable bonds is 9. The van der Waals surface area contributed by atoms with Crippen LogP contribution < -0.4 is 14.8 Å². The van der Waals surface area contributed by atoms with Gasteiger partial charge in [0.15, 0.2) is 11.5 Å². The number of methoxy groups -OCH3 is 1. The van der Waals surface area contributed by atoms with E-state index in [2.05, 4.69) is 5.32 Å². The smallest absolute Gasteiger partial charge is 0.293 e. The second kappa shape index (κ2) is 11.2. The maximum Gasteiger partial charge on any atom is 0.293 e. The molecule has 1 heterocycles. The van der Waals surface area contributed by atoms with Crippen molar-refractivity contribution in [3.05, 3.63) is 70.6 Å². The van der Waals surface area contributed by atoms with Crippen molar-refractivity contribution in [1.82, 2.24) is 10.2 Å². The lowest BCUT2D eigenvalue weighted by Crippen LogP contribution is -2.36. The van der Waals surface area contributed by atoms with Gasteiger partial charge in [0.05, 0.1) is 18.6 Å². The van der Waals surface area contributed by atoms with Crippen molar-refractivity contribution in [3.63, 3.8) is 0 Å². The molecule has 0 radical (unpaired) electrons. The zero-order valence-electron chi connectivity index (χ0n) is 17.9. The quantitative estimate of drug-likeness (QED) is 0.580. The monoisotopic (exact) mass is 452 g/mol. The first-order chi connectivity index (χ1) is 15.5. The van der Waals surface area contributed by atoms with Crippen LogP contribution in [0.1, 0.15) is 18.1 Å². The van der Waals surface area contributed by atoms with Gasteiger partial charge < -0.3 is 14.8 Å². The molecular weight excluding hydrogens is 428 g/mol. The number of hydrogen-bond acceptors (Lipinski definition) is 6. The lowest BCUT2D eigenvalue weighted by molar-refractivity contribution is -0.123. The summed E-state index contributed by atoms with van der Waals surface area (Å²) in [6.45, 7) is 2.65. The Morgan fingerprint density at radius 3 is 2.59 bits per heavy atom. The molecule has 8 heteroatoms. The fourth-order valence-corrected chi connectivity index (χ4v) is 3.84. The van der Waals surface area contributed by atoms with Gasteiger partial charge in [-0.25, -0.2) is 0 Å². The van der Waals surface area contributed by atoms with Crippen molar-refractivity contribution in [2.24, 2.45) is 0 Å². The van der Waals surface area contributed by atoms with Gasteiger partial charge >= 0.3 is 0 Å². The maximum atomic E-state index is 12.7. The molecule has 1 aliphatic rings. The van der Waals surface area contributed by atoms with Gasteiger partial charge in [0.1, 0.15) is 0 Å². The molecule has 3 rings (SSSR count). The van der Waals surface area contributed by atoms with E-state index in [9.17, 15) is 14.4 Å². The Balaban J connectivity index is 1.57. The van der Waals surface area contributed by atoms with Crippen LogP contribution in [0.5, 0.6) is 11.5 Å². The number of thioether (sulfide) groups is 1. The highest BCUT2D eigenvalue weighted by atomic mass is 32.2. The summed E-state index contributed by atoms with van der Waals surface area (Å²) >= 11 is 0.871. The van der Waals surface area contributed by atoms with E-state index in [1.165, 1.54) is 6.08 Å². The van der Waals surface area contributed by atoms with E-state index in [4.69, 9.17) is 9.47 Å². The Morgan fingerprint density at radius 2 is 1.88 bits per heavy atom. The first kappa shape index (κ1) is 23.1. The van der Waals surface area contributed by atoms with E-state index in [1.807, 2.05) is 37.3 Å². The summed E-state index contributed by atoms with van der Waals surface area (Å²) in [7, 11) is 1.54. The first-order valence-electron chi connectivity index (χ1n) is 10.1. The van der Waals surface area contributed by atoms with Crippen LogP contribution in [-0.4, -0.2) is 48.8 Å². The molecule has 0 spiro atoms. The number of nitrogens with zero attached hydrogens (tertiary/aromatic N) is 1. The largest absolute Gasteiger partial charge is 0.493 e. The van der Waals surface area contributed by atoms with Crippen LogP contribution in [0.25, 0.3) is 12.2 Å². The number of ether oxygens (including phenoxy) is 2. The predicted octanol–water partition coefficient (Wildman–Crippen LogP) is 3.96.